The molecule has 0 N–H and O–H groups in total. The van der Waals surface area contributed by atoms with Crippen LogP contribution in [-0.4, -0.2) is 6.61 Å². The second-order valence-electron chi connectivity index (χ2n) is 7.82. The van der Waals surface area contributed by atoms with Crippen molar-refractivity contribution >= 4 is 15.9 Å². The van der Waals surface area contributed by atoms with E-state index in [1.54, 1.807) is 6.07 Å². The molecule has 2 nitrogen and oxygen atoms in total. The van der Waals surface area contributed by atoms with Gasteiger partial charge in [-0.25, -0.2) is 0 Å². The van der Waals surface area contributed by atoms with Crippen molar-refractivity contribution in [3.05, 3.63) is 88.4 Å². The van der Waals surface area contributed by atoms with Gasteiger partial charge in [0.2, 0.25) is 0 Å². The fraction of sp³-hybridized carbons (Fsp3) is 0.280. The van der Waals surface area contributed by atoms with Crippen LogP contribution in [0.5, 0.6) is 17.2 Å². The van der Waals surface area contributed by atoms with E-state index < -0.39 is 6.61 Å². The van der Waals surface area contributed by atoms with Crippen LogP contribution in [0.25, 0.3) is 0 Å². The molecular weight excluding hydrogens is 450 g/mol. The molecule has 0 spiro atoms. The molecular formula is C25H25BrF2O2. The third-order valence-electron chi connectivity index (χ3n) is 5.03. The number of ether oxygens (including phenoxy) is 2. The molecule has 0 aliphatic rings. The molecule has 30 heavy (non-hydrogen) atoms. The number of alkyl halides is 2. The number of rotatable bonds is 9. The molecule has 0 bridgehead atoms. The average Bonchev–Trinajstić information content (AvgIpc) is 2.68. The summed E-state index contributed by atoms with van der Waals surface area (Å²) in [6, 6.07) is 23.1. The van der Waals surface area contributed by atoms with Crippen LogP contribution in [0.2, 0.25) is 0 Å². The molecule has 0 aliphatic heterocycles. The Balaban J connectivity index is 1.64. The molecule has 0 amide bonds. The second-order valence-corrected chi connectivity index (χ2v) is 8.73. The lowest BCUT2D eigenvalue weighted by atomic mass is 9.79. The van der Waals surface area contributed by atoms with Crippen molar-refractivity contribution in [3.8, 4) is 17.2 Å². The second kappa shape index (κ2) is 10.1. The van der Waals surface area contributed by atoms with Gasteiger partial charge in [0.25, 0.3) is 0 Å². The van der Waals surface area contributed by atoms with Gasteiger partial charge in [0, 0.05) is 10.0 Å². The van der Waals surface area contributed by atoms with E-state index in [-0.39, 0.29) is 11.2 Å². The van der Waals surface area contributed by atoms with E-state index in [2.05, 4.69) is 35.8 Å². The quantitative estimate of drug-likeness (QED) is 0.311. The predicted octanol–water partition coefficient (Wildman–Crippen LogP) is 8.14. The lowest BCUT2D eigenvalue weighted by molar-refractivity contribution is -0.0510. The zero-order chi connectivity index (χ0) is 21.6. The summed E-state index contributed by atoms with van der Waals surface area (Å²) in [5.41, 5.74) is 1.66. The summed E-state index contributed by atoms with van der Waals surface area (Å²) < 4.78 is 37.1. The largest absolute Gasteiger partial charge is 0.457 e. The van der Waals surface area contributed by atoms with Crippen molar-refractivity contribution in [1.82, 2.24) is 0 Å². The zero-order valence-electron chi connectivity index (χ0n) is 17.1. The highest BCUT2D eigenvalue weighted by Gasteiger charge is 2.25. The highest BCUT2D eigenvalue weighted by Crippen LogP contribution is 2.38. The van der Waals surface area contributed by atoms with Crippen molar-refractivity contribution in [2.24, 2.45) is 0 Å². The van der Waals surface area contributed by atoms with Crippen molar-refractivity contribution < 1.29 is 18.3 Å². The molecule has 0 aliphatic carbocycles. The molecule has 5 heteroatoms. The van der Waals surface area contributed by atoms with E-state index in [9.17, 15) is 8.78 Å². The molecule has 0 saturated carbocycles. The fourth-order valence-electron chi connectivity index (χ4n) is 3.51. The van der Waals surface area contributed by atoms with Crippen LogP contribution in [-0.2, 0) is 11.8 Å². The number of hydrogen-bond acceptors (Lipinski definition) is 2. The Morgan fingerprint density at radius 1 is 0.900 bits per heavy atom. The van der Waals surface area contributed by atoms with Crippen molar-refractivity contribution in [1.29, 1.82) is 0 Å². The summed E-state index contributed by atoms with van der Waals surface area (Å²) in [5.74, 6) is 1.83. The van der Waals surface area contributed by atoms with Gasteiger partial charge in [0.15, 0.2) is 0 Å². The molecule has 158 valence electrons. The monoisotopic (exact) mass is 474 g/mol. The van der Waals surface area contributed by atoms with Gasteiger partial charge in [-0.05, 0) is 66.6 Å². The molecule has 3 aromatic rings. The molecule has 0 saturated heterocycles. The van der Waals surface area contributed by atoms with Crippen LogP contribution in [0.1, 0.15) is 37.8 Å². The van der Waals surface area contributed by atoms with Crippen LogP contribution in [0.15, 0.2) is 77.3 Å². The van der Waals surface area contributed by atoms with E-state index in [1.807, 2.05) is 60.7 Å². The molecule has 3 rings (SSSR count). The van der Waals surface area contributed by atoms with Crippen molar-refractivity contribution in [2.45, 2.75) is 45.1 Å². The molecule has 0 unspecified atom stereocenters. The molecule has 0 atom stereocenters. The Kier molecular flexibility index (Phi) is 7.48. The lowest BCUT2D eigenvalue weighted by Crippen LogP contribution is -2.19. The van der Waals surface area contributed by atoms with Crippen LogP contribution < -0.4 is 9.47 Å². The zero-order valence-corrected chi connectivity index (χ0v) is 18.7. The van der Waals surface area contributed by atoms with Gasteiger partial charge in [-0.15, -0.1) is 0 Å². The fourth-order valence-corrected chi connectivity index (χ4v) is 3.85. The molecule has 0 radical (unpaired) electrons. The molecule has 0 fully saturated rings. The van der Waals surface area contributed by atoms with Gasteiger partial charge in [-0.2, -0.15) is 8.78 Å². The number of benzene rings is 3. The van der Waals surface area contributed by atoms with Gasteiger partial charge in [-0.1, -0.05) is 66.2 Å². The Bertz CT molecular complexity index is 958. The maximum Gasteiger partial charge on any atom is 0.387 e. The van der Waals surface area contributed by atoms with Crippen molar-refractivity contribution in [3.63, 3.8) is 0 Å². The third kappa shape index (κ3) is 6.30. The normalized spacial score (nSPS) is 11.5. The third-order valence-corrected chi connectivity index (χ3v) is 5.53. The highest BCUT2D eigenvalue weighted by molar-refractivity contribution is 9.10. The molecule has 3 aromatic carbocycles. The van der Waals surface area contributed by atoms with Crippen LogP contribution in [0, 0.1) is 0 Å². The maximum atomic E-state index is 12.8. The van der Waals surface area contributed by atoms with Gasteiger partial charge in [0.05, 0.1) is 0 Å². The van der Waals surface area contributed by atoms with Crippen LogP contribution >= 0.6 is 15.9 Å². The van der Waals surface area contributed by atoms with E-state index in [0.29, 0.717) is 4.47 Å². The Hall–Kier alpha value is -2.40. The van der Waals surface area contributed by atoms with Gasteiger partial charge < -0.3 is 9.47 Å². The van der Waals surface area contributed by atoms with Gasteiger partial charge in [0.1, 0.15) is 17.2 Å². The van der Waals surface area contributed by atoms with E-state index >= 15 is 0 Å². The summed E-state index contributed by atoms with van der Waals surface area (Å²) in [4.78, 5) is 0. The first-order valence-electron chi connectivity index (χ1n) is 9.90. The summed E-state index contributed by atoms with van der Waals surface area (Å²) in [6.45, 7) is 1.27. The van der Waals surface area contributed by atoms with Gasteiger partial charge in [-0.3, -0.25) is 0 Å². The minimum absolute atomic E-state index is 0.225. The minimum atomic E-state index is -2.85. The van der Waals surface area contributed by atoms with Crippen LogP contribution in [0.4, 0.5) is 8.78 Å². The average molecular weight is 475 g/mol. The number of para-hydroxylation sites is 1. The first kappa shape index (κ1) is 22.3. The van der Waals surface area contributed by atoms with Gasteiger partial charge >= 0.3 is 6.61 Å². The number of halogens is 3. The number of aryl methyl sites for hydroxylation is 1. The van der Waals surface area contributed by atoms with E-state index in [1.165, 1.54) is 5.56 Å². The first-order valence-corrected chi connectivity index (χ1v) is 10.7. The summed E-state index contributed by atoms with van der Waals surface area (Å²) >= 11 is 3.33. The SMILES string of the molecule is CC(C)(CCCc1cccc(Oc2ccccc2)c1)c1ccc(Br)cc1OC(F)F. The van der Waals surface area contributed by atoms with Crippen molar-refractivity contribution in [2.75, 3.05) is 0 Å². The lowest BCUT2D eigenvalue weighted by Gasteiger charge is -2.27. The summed E-state index contributed by atoms with van der Waals surface area (Å²) in [6.07, 6.45) is 2.61. The minimum Gasteiger partial charge on any atom is -0.457 e. The Labute approximate surface area is 185 Å². The summed E-state index contributed by atoms with van der Waals surface area (Å²) in [7, 11) is 0. The standard InChI is InChI=1S/C25H25BrF2O2/c1-25(2,22-14-13-19(26)17-23(22)30-24(27)28)15-7-9-18-8-6-12-21(16-18)29-20-10-4-3-5-11-20/h3-6,8,10-14,16-17,24H,7,9,15H2,1-2H3. The smallest absolute Gasteiger partial charge is 0.387 e. The highest BCUT2D eigenvalue weighted by atomic mass is 79.9. The maximum absolute atomic E-state index is 12.8. The Morgan fingerprint density at radius 3 is 2.37 bits per heavy atom. The van der Waals surface area contributed by atoms with E-state index in [4.69, 9.17) is 9.47 Å². The van der Waals surface area contributed by atoms with E-state index in [0.717, 1.165) is 36.3 Å². The number of hydrogen-bond donors (Lipinski definition) is 0. The predicted molar refractivity (Wildman–Crippen MR) is 120 cm³/mol. The first-order chi connectivity index (χ1) is 14.3. The van der Waals surface area contributed by atoms with Crippen LogP contribution in [0.3, 0.4) is 0 Å². The molecule has 0 heterocycles. The molecule has 0 aromatic heterocycles. The summed E-state index contributed by atoms with van der Waals surface area (Å²) in [5, 5.41) is 0. The Morgan fingerprint density at radius 2 is 1.63 bits per heavy atom. The topological polar surface area (TPSA) is 18.5 Å².